The first-order valence-electron chi connectivity index (χ1n) is 5.10. The Hall–Kier alpha value is -1.41. The summed E-state index contributed by atoms with van der Waals surface area (Å²) >= 11 is 0. The van der Waals surface area contributed by atoms with Crippen molar-refractivity contribution in [3.8, 4) is 0 Å². The molecule has 0 saturated heterocycles. The summed E-state index contributed by atoms with van der Waals surface area (Å²) in [4.78, 5) is 24.5. The van der Waals surface area contributed by atoms with Crippen LogP contribution in [-0.2, 0) is 14.3 Å². The fourth-order valence-corrected chi connectivity index (χ4v) is 1.13. The highest BCUT2D eigenvalue weighted by Gasteiger charge is 2.08. The Labute approximate surface area is 90.0 Å². The maximum absolute atomic E-state index is 10.8. The van der Waals surface area contributed by atoms with Gasteiger partial charge >= 0.3 is 5.97 Å². The van der Waals surface area contributed by atoms with Gasteiger partial charge in [-0.05, 0) is 6.42 Å². The highest BCUT2D eigenvalue weighted by atomic mass is 16.5. The van der Waals surface area contributed by atoms with Crippen molar-refractivity contribution in [1.82, 2.24) is 0 Å². The Morgan fingerprint density at radius 1 is 1.60 bits per heavy atom. The topological polar surface area (TPSA) is 55.7 Å². The molecule has 0 N–H and O–H groups in total. The van der Waals surface area contributed by atoms with E-state index in [1.807, 2.05) is 0 Å². The van der Waals surface area contributed by atoms with Gasteiger partial charge in [-0.25, -0.2) is 9.59 Å². The van der Waals surface area contributed by atoms with E-state index in [0.717, 1.165) is 31.8 Å². The molecule has 84 valence electrons. The number of hydrogen-bond acceptors (Lipinski definition) is 4. The number of ether oxygens (including phenoxy) is 1. The first kappa shape index (κ1) is 13.6. The lowest BCUT2D eigenvalue weighted by Gasteiger charge is -2.09. The van der Waals surface area contributed by atoms with E-state index in [2.05, 4.69) is 18.5 Å². The van der Waals surface area contributed by atoms with Crippen LogP contribution in [0.15, 0.2) is 17.6 Å². The van der Waals surface area contributed by atoms with Crippen LogP contribution in [-0.4, -0.2) is 24.7 Å². The minimum absolute atomic E-state index is 0.129. The zero-order valence-corrected chi connectivity index (χ0v) is 9.07. The molecule has 0 aliphatic heterocycles. The van der Waals surface area contributed by atoms with Gasteiger partial charge < -0.3 is 4.74 Å². The van der Waals surface area contributed by atoms with E-state index < -0.39 is 5.97 Å². The molecule has 0 spiro atoms. The monoisotopic (exact) mass is 211 g/mol. The molecule has 0 aliphatic carbocycles. The van der Waals surface area contributed by atoms with Gasteiger partial charge in [0.1, 0.15) is 6.61 Å². The van der Waals surface area contributed by atoms with Crippen LogP contribution in [0.1, 0.15) is 32.6 Å². The number of unbranched alkanes of at least 4 members (excludes halogenated alkanes) is 2. The quantitative estimate of drug-likeness (QED) is 0.203. The molecule has 0 bridgehead atoms. The molecule has 0 aromatic carbocycles. The maximum Gasteiger partial charge on any atom is 0.330 e. The van der Waals surface area contributed by atoms with Crippen LogP contribution >= 0.6 is 0 Å². The zero-order chi connectivity index (χ0) is 11.5. The molecule has 1 atom stereocenters. The Balaban J connectivity index is 3.87. The van der Waals surface area contributed by atoms with Crippen molar-refractivity contribution in [2.24, 2.45) is 4.99 Å². The maximum atomic E-state index is 10.8. The molecule has 4 heteroatoms. The third-order valence-electron chi connectivity index (χ3n) is 1.96. The summed E-state index contributed by atoms with van der Waals surface area (Å²) < 4.78 is 4.81. The Bertz CT molecular complexity index is 244. The van der Waals surface area contributed by atoms with Crippen molar-refractivity contribution in [2.75, 3.05) is 6.61 Å². The van der Waals surface area contributed by atoms with Gasteiger partial charge in [-0.2, -0.15) is 4.99 Å². The second-order valence-corrected chi connectivity index (χ2v) is 3.20. The predicted octanol–water partition coefficient (Wildman–Crippen LogP) is 2.00. The van der Waals surface area contributed by atoms with Crippen molar-refractivity contribution in [2.45, 2.75) is 38.6 Å². The van der Waals surface area contributed by atoms with E-state index in [9.17, 15) is 9.59 Å². The van der Waals surface area contributed by atoms with Crippen molar-refractivity contribution in [3.63, 3.8) is 0 Å². The molecule has 0 saturated carbocycles. The number of isocyanates is 1. The second kappa shape index (κ2) is 9.16. The van der Waals surface area contributed by atoms with Gasteiger partial charge in [0.15, 0.2) is 0 Å². The van der Waals surface area contributed by atoms with E-state index in [1.54, 1.807) is 0 Å². The number of rotatable bonds is 8. The average Bonchev–Trinajstić information content (AvgIpc) is 2.25. The van der Waals surface area contributed by atoms with Crippen LogP contribution in [0.3, 0.4) is 0 Å². The smallest absolute Gasteiger partial charge is 0.330 e. The van der Waals surface area contributed by atoms with Gasteiger partial charge in [0.05, 0.1) is 6.04 Å². The molecule has 0 aliphatic rings. The zero-order valence-electron chi connectivity index (χ0n) is 9.07. The molecular weight excluding hydrogens is 194 g/mol. The normalized spacial score (nSPS) is 11.3. The summed E-state index contributed by atoms with van der Waals surface area (Å²) in [6.45, 7) is 5.50. The van der Waals surface area contributed by atoms with Gasteiger partial charge in [0, 0.05) is 6.08 Å². The van der Waals surface area contributed by atoms with Crippen LogP contribution in [0.5, 0.6) is 0 Å². The van der Waals surface area contributed by atoms with E-state index in [4.69, 9.17) is 4.74 Å². The summed E-state index contributed by atoms with van der Waals surface area (Å²) in [5, 5.41) is 0. The van der Waals surface area contributed by atoms with Crippen LogP contribution in [0.25, 0.3) is 0 Å². The third-order valence-corrected chi connectivity index (χ3v) is 1.96. The molecule has 0 amide bonds. The van der Waals surface area contributed by atoms with Gasteiger partial charge in [0.25, 0.3) is 0 Å². The van der Waals surface area contributed by atoms with Crippen molar-refractivity contribution in [1.29, 1.82) is 0 Å². The Morgan fingerprint density at radius 2 is 2.33 bits per heavy atom. The fourth-order valence-electron chi connectivity index (χ4n) is 1.13. The number of carbonyl (C=O) groups excluding carboxylic acids is 2. The lowest BCUT2D eigenvalue weighted by molar-refractivity contribution is -0.138. The fraction of sp³-hybridized carbons (Fsp3) is 0.636. The van der Waals surface area contributed by atoms with Gasteiger partial charge in [0.2, 0.25) is 6.08 Å². The predicted molar refractivity (Wildman–Crippen MR) is 57.2 cm³/mol. The van der Waals surface area contributed by atoms with Crippen LogP contribution in [0.4, 0.5) is 0 Å². The standard InChI is InChI=1S/C11H17NO3/c1-3-5-6-7-10(12-9-13)8-15-11(14)4-2/h4,10H,2-3,5-8H2,1H3. The van der Waals surface area contributed by atoms with Crippen LogP contribution < -0.4 is 0 Å². The minimum atomic E-state index is -0.489. The minimum Gasteiger partial charge on any atom is -0.460 e. The molecule has 0 aromatic rings. The Morgan fingerprint density at radius 3 is 2.87 bits per heavy atom. The molecule has 0 aromatic heterocycles. The molecule has 0 radical (unpaired) electrons. The first-order valence-corrected chi connectivity index (χ1v) is 5.10. The summed E-state index contributed by atoms with van der Waals surface area (Å²) in [5.74, 6) is -0.489. The van der Waals surface area contributed by atoms with Gasteiger partial charge in [-0.1, -0.05) is 32.8 Å². The number of hydrogen-bond donors (Lipinski definition) is 0. The summed E-state index contributed by atoms with van der Waals surface area (Å²) in [6.07, 6.45) is 6.48. The summed E-state index contributed by atoms with van der Waals surface area (Å²) in [7, 11) is 0. The number of nitrogens with zero attached hydrogens (tertiary/aromatic N) is 1. The SMILES string of the molecule is C=CC(=O)OCC(CCCCC)N=C=O. The highest BCUT2D eigenvalue weighted by molar-refractivity contribution is 5.81. The number of carbonyl (C=O) groups is 1. The van der Waals surface area contributed by atoms with Crippen LogP contribution in [0, 0.1) is 0 Å². The van der Waals surface area contributed by atoms with E-state index in [1.165, 1.54) is 6.08 Å². The molecule has 0 heterocycles. The van der Waals surface area contributed by atoms with Gasteiger partial charge in [-0.3, -0.25) is 0 Å². The lowest BCUT2D eigenvalue weighted by atomic mass is 10.1. The molecule has 0 fully saturated rings. The Kier molecular flexibility index (Phi) is 8.30. The molecule has 1 unspecified atom stereocenters. The van der Waals surface area contributed by atoms with E-state index in [0.29, 0.717) is 0 Å². The number of esters is 1. The summed E-state index contributed by atoms with van der Waals surface area (Å²) in [5.41, 5.74) is 0. The molecule has 15 heavy (non-hydrogen) atoms. The first-order chi connectivity index (χ1) is 7.24. The van der Waals surface area contributed by atoms with Crippen molar-refractivity contribution in [3.05, 3.63) is 12.7 Å². The van der Waals surface area contributed by atoms with E-state index in [-0.39, 0.29) is 12.6 Å². The van der Waals surface area contributed by atoms with Crippen molar-refractivity contribution < 1.29 is 14.3 Å². The molecular formula is C11H17NO3. The largest absolute Gasteiger partial charge is 0.460 e. The summed E-state index contributed by atoms with van der Waals surface area (Å²) in [6, 6.07) is -0.266. The molecule has 4 nitrogen and oxygen atoms in total. The second-order valence-electron chi connectivity index (χ2n) is 3.20. The lowest BCUT2D eigenvalue weighted by Crippen LogP contribution is -2.16. The average molecular weight is 211 g/mol. The van der Waals surface area contributed by atoms with Gasteiger partial charge in [-0.15, -0.1) is 0 Å². The van der Waals surface area contributed by atoms with Crippen molar-refractivity contribution >= 4 is 12.0 Å². The number of aliphatic imine (C=N–C) groups is 1. The molecule has 0 rings (SSSR count). The van der Waals surface area contributed by atoms with Crippen LogP contribution in [0.2, 0.25) is 0 Å². The van der Waals surface area contributed by atoms with E-state index >= 15 is 0 Å². The highest BCUT2D eigenvalue weighted by Crippen LogP contribution is 2.06. The third kappa shape index (κ3) is 7.65.